The van der Waals surface area contributed by atoms with E-state index in [4.69, 9.17) is 10.5 Å². The third-order valence-corrected chi connectivity index (χ3v) is 3.61. The number of halogens is 1. The van der Waals surface area contributed by atoms with Crippen LogP contribution in [0.1, 0.15) is 40.0 Å². The first-order valence-corrected chi connectivity index (χ1v) is 7.94. The van der Waals surface area contributed by atoms with Crippen molar-refractivity contribution in [2.24, 2.45) is 16.6 Å². The summed E-state index contributed by atoms with van der Waals surface area (Å²) in [6, 6.07) is 0.404. The van der Waals surface area contributed by atoms with E-state index in [1.54, 1.807) is 0 Å². The molecule has 1 fully saturated rings. The third-order valence-electron chi connectivity index (χ3n) is 3.61. The Balaban J connectivity index is 0.00000400. The van der Waals surface area contributed by atoms with E-state index in [1.807, 2.05) is 0 Å². The molecule has 0 radical (unpaired) electrons. The lowest BCUT2D eigenvalue weighted by Crippen LogP contribution is -2.40. The van der Waals surface area contributed by atoms with Crippen LogP contribution < -0.4 is 11.1 Å². The van der Waals surface area contributed by atoms with Crippen LogP contribution in [-0.2, 0) is 4.74 Å². The van der Waals surface area contributed by atoms with Gasteiger partial charge in [-0.05, 0) is 19.3 Å². The number of hydrogen-bond donors (Lipinski definition) is 2. The van der Waals surface area contributed by atoms with E-state index in [-0.39, 0.29) is 24.0 Å². The average Bonchev–Trinajstić information content (AvgIpc) is 2.39. The molecule has 1 unspecified atom stereocenters. The average molecular weight is 412 g/mol. The van der Waals surface area contributed by atoms with Crippen molar-refractivity contribution in [2.75, 3.05) is 39.4 Å². The number of nitrogens with two attached hydrogens (primary N) is 1. The Morgan fingerprint density at radius 1 is 1.24 bits per heavy atom. The molecule has 3 N–H and O–H groups in total. The Hall–Kier alpha value is -0.0800. The van der Waals surface area contributed by atoms with Gasteiger partial charge in [-0.2, -0.15) is 0 Å². The maximum atomic E-state index is 5.92. The lowest BCUT2D eigenvalue weighted by molar-refractivity contribution is 0.0394. The summed E-state index contributed by atoms with van der Waals surface area (Å²) in [5, 5.41) is 3.28. The highest BCUT2D eigenvalue weighted by atomic mass is 127. The first-order valence-electron chi connectivity index (χ1n) is 7.94. The molecule has 0 saturated carbocycles. The van der Waals surface area contributed by atoms with Gasteiger partial charge in [-0.25, -0.2) is 0 Å². The van der Waals surface area contributed by atoms with Crippen molar-refractivity contribution >= 4 is 29.9 Å². The topological polar surface area (TPSA) is 62.9 Å². The van der Waals surface area contributed by atoms with Crippen LogP contribution in [-0.4, -0.2) is 56.3 Å². The fourth-order valence-electron chi connectivity index (χ4n) is 2.34. The van der Waals surface area contributed by atoms with Gasteiger partial charge in [0.1, 0.15) is 0 Å². The van der Waals surface area contributed by atoms with Crippen LogP contribution in [0.25, 0.3) is 0 Å². The monoisotopic (exact) mass is 412 g/mol. The molecule has 0 aromatic rings. The van der Waals surface area contributed by atoms with Gasteiger partial charge in [0.25, 0.3) is 0 Å². The number of ether oxygens (including phenoxy) is 1. The van der Waals surface area contributed by atoms with Crippen LogP contribution in [0, 0.1) is 5.92 Å². The summed E-state index contributed by atoms with van der Waals surface area (Å²) in [5.74, 6) is 1.36. The van der Waals surface area contributed by atoms with E-state index in [2.05, 4.69) is 36.0 Å². The molecular formula is C15H33IN4O. The molecule has 0 aromatic heterocycles. The third kappa shape index (κ3) is 11.2. The van der Waals surface area contributed by atoms with Crippen molar-refractivity contribution in [2.45, 2.75) is 46.1 Å². The van der Waals surface area contributed by atoms with Gasteiger partial charge in [0, 0.05) is 25.7 Å². The van der Waals surface area contributed by atoms with Gasteiger partial charge in [-0.15, -0.1) is 24.0 Å². The lowest BCUT2D eigenvalue weighted by Gasteiger charge is -2.25. The molecule has 1 aliphatic rings. The Morgan fingerprint density at radius 3 is 2.52 bits per heavy atom. The first-order chi connectivity index (χ1) is 9.58. The molecule has 1 heterocycles. The van der Waals surface area contributed by atoms with Crippen LogP contribution in [0.4, 0.5) is 0 Å². The normalized spacial score (nSPS) is 18.4. The first kappa shape index (κ1) is 20.9. The van der Waals surface area contributed by atoms with E-state index in [0.29, 0.717) is 12.0 Å². The maximum Gasteiger partial charge on any atom is 0.188 e. The number of nitrogens with zero attached hydrogens (tertiary/aromatic N) is 2. The number of nitrogens with one attached hydrogen (secondary N) is 1. The molecule has 6 heteroatoms. The van der Waals surface area contributed by atoms with E-state index in [1.165, 1.54) is 12.8 Å². The van der Waals surface area contributed by atoms with Gasteiger partial charge in [-0.3, -0.25) is 9.89 Å². The Kier molecular flexibility index (Phi) is 12.4. The molecule has 1 atom stereocenters. The van der Waals surface area contributed by atoms with Crippen molar-refractivity contribution < 1.29 is 4.74 Å². The molecule has 1 saturated heterocycles. The van der Waals surface area contributed by atoms with Gasteiger partial charge in [-0.1, -0.05) is 26.7 Å². The molecule has 126 valence electrons. The Bertz CT molecular complexity index is 281. The van der Waals surface area contributed by atoms with Gasteiger partial charge < -0.3 is 15.8 Å². The minimum Gasteiger partial charge on any atom is -0.379 e. The van der Waals surface area contributed by atoms with Crippen molar-refractivity contribution in [3.63, 3.8) is 0 Å². The van der Waals surface area contributed by atoms with Crippen LogP contribution in [0.3, 0.4) is 0 Å². The summed E-state index contributed by atoms with van der Waals surface area (Å²) in [6.45, 7) is 12.1. The van der Waals surface area contributed by atoms with Crippen molar-refractivity contribution in [3.8, 4) is 0 Å². The van der Waals surface area contributed by atoms with E-state index in [9.17, 15) is 0 Å². The standard InChI is InChI=1S/C15H32N4O.HI/c1-13(2)5-4-6-14(3)18-15(16)17-7-8-19-9-11-20-12-10-19;/h13-14H,4-12H2,1-3H3,(H3,16,17,18);1H. The summed E-state index contributed by atoms with van der Waals surface area (Å²) in [6.07, 6.45) is 3.67. The minimum absolute atomic E-state index is 0. The fraction of sp³-hybridized carbons (Fsp3) is 0.933. The highest BCUT2D eigenvalue weighted by molar-refractivity contribution is 14.0. The molecular weight excluding hydrogens is 379 g/mol. The summed E-state index contributed by atoms with van der Waals surface area (Å²) in [4.78, 5) is 6.77. The molecule has 5 nitrogen and oxygen atoms in total. The van der Waals surface area contributed by atoms with Crippen LogP contribution in [0.5, 0.6) is 0 Å². The molecule has 0 aliphatic carbocycles. The SMILES string of the molecule is CC(C)CCCC(C)NC(N)=NCCN1CCOCC1.I. The van der Waals surface area contributed by atoms with E-state index >= 15 is 0 Å². The lowest BCUT2D eigenvalue weighted by atomic mass is 10.0. The highest BCUT2D eigenvalue weighted by Crippen LogP contribution is 2.07. The van der Waals surface area contributed by atoms with Crippen molar-refractivity contribution in [1.82, 2.24) is 10.2 Å². The highest BCUT2D eigenvalue weighted by Gasteiger charge is 2.09. The molecule has 0 aromatic carbocycles. The van der Waals surface area contributed by atoms with Gasteiger partial charge in [0.2, 0.25) is 0 Å². The number of aliphatic imine (C=N–C) groups is 1. The molecule has 21 heavy (non-hydrogen) atoms. The molecule has 1 rings (SSSR count). The smallest absolute Gasteiger partial charge is 0.188 e. The van der Waals surface area contributed by atoms with E-state index < -0.39 is 0 Å². The number of rotatable bonds is 8. The Labute approximate surface area is 147 Å². The summed E-state index contributed by atoms with van der Waals surface area (Å²) < 4.78 is 5.32. The van der Waals surface area contributed by atoms with E-state index in [0.717, 1.165) is 51.7 Å². The summed E-state index contributed by atoms with van der Waals surface area (Å²) in [7, 11) is 0. The maximum absolute atomic E-state index is 5.92. The van der Waals surface area contributed by atoms with Gasteiger partial charge in [0.15, 0.2) is 5.96 Å². The van der Waals surface area contributed by atoms with Crippen molar-refractivity contribution in [3.05, 3.63) is 0 Å². The largest absolute Gasteiger partial charge is 0.379 e. The quantitative estimate of drug-likeness (QED) is 0.364. The second-order valence-electron chi connectivity index (χ2n) is 6.09. The second kappa shape index (κ2) is 12.5. The molecule has 0 amide bonds. The van der Waals surface area contributed by atoms with Crippen LogP contribution >= 0.6 is 24.0 Å². The fourth-order valence-corrected chi connectivity index (χ4v) is 2.34. The predicted molar refractivity (Wildman–Crippen MR) is 100 cm³/mol. The van der Waals surface area contributed by atoms with Gasteiger partial charge in [0.05, 0.1) is 19.8 Å². The molecule has 0 bridgehead atoms. The van der Waals surface area contributed by atoms with Gasteiger partial charge >= 0.3 is 0 Å². The zero-order chi connectivity index (χ0) is 14.8. The number of morpholine rings is 1. The Morgan fingerprint density at radius 2 is 1.90 bits per heavy atom. The minimum atomic E-state index is 0. The number of hydrogen-bond acceptors (Lipinski definition) is 3. The zero-order valence-corrected chi connectivity index (χ0v) is 16.1. The van der Waals surface area contributed by atoms with Crippen molar-refractivity contribution in [1.29, 1.82) is 0 Å². The summed E-state index contributed by atoms with van der Waals surface area (Å²) in [5.41, 5.74) is 5.92. The predicted octanol–water partition coefficient (Wildman–Crippen LogP) is 2.06. The second-order valence-corrected chi connectivity index (χ2v) is 6.09. The van der Waals surface area contributed by atoms with Crippen LogP contribution in [0.2, 0.25) is 0 Å². The number of guanidine groups is 1. The van der Waals surface area contributed by atoms with Crippen LogP contribution in [0.15, 0.2) is 4.99 Å². The molecule has 0 spiro atoms. The molecule has 1 aliphatic heterocycles. The summed E-state index contributed by atoms with van der Waals surface area (Å²) >= 11 is 0. The zero-order valence-electron chi connectivity index (χ0n) is 13.8.